The van der Waals surface area contributed by atoms with Gasteiger partial charge in [0.2, 0.25) is 0 Å². The number of aliphatic carboxylic acids is 1. The minimum absolute atomic E-state index is 0.223. The predicted octanol–water partition coefficient (Wildman–Crippen LogP) is 0.358. The van der Waals surface area contributed by atoms with E-state index >= 15 is 0 Å². The molecule has 0 aromatic rings. The fraction of sp³-hybridized carbons (Fsp3) is 0.333. The highest BCUT2D eigenvalue weighted by Crippen LogP contribution is 2.03. The van der Waals surface area contributed by atoms with Crippen LogP contribution in [-0.2, 0) is 4.79 Å². The van der Waals surface area contributed by atoms with Gasteiger partial charge < -0.3 is 10.2 Å². The van der Waals surface area contributed by atoms with E-state index in [1.165, 1.54) is 6.08 Å². The highest BCUT2D eigenvalue weighted by Gasteiger charge is 2.15. The molecule has 0 aromatic carbocycles. The van der Waals surface area contributed by atoms with Crippen molar-refractivity contribution in [3.05, 3.63) is 11.8 Å². The highest BCUT2D eigenvalue weighted by molar-refractivity contribution is 6.41. The predicted molar refractivity (Wildman–Crippen MR) is 35.3 cm³/mol. The summed E-state index contributed by atoms with van der Waals surface area (Å²) in [4.78, 5) is 13.8. The van der Waals surface area contributed by atoms with Crippen LogP contribution in [-0.4, -0.2) is 28.4 Å². The molecule has 0 atom stereocenters. The smallest absolute Gasteiger partial charge is 0.357 e. The molecule has 2 N–H and O–H groups in total. The van der Waals surface area contributed by atoms with Crippen molar-refractivity contribution in [2.24, 2.45) is 4.99 Å². The average Bonchev–Trinajstić information content (AvgIpc) is 1.88. The van der Waals surface area contributed by atoms with Crippen molar-refractivity contribution in [2.75, 3.05) is 6.54 Å². The Bertz CT molecular complexity index is 217. The molecular weight excluding hydrogens is 134 g/mol. The van der Waals surface area contributed by atoms with E-state index in [1.807, 2.05) is 0 Å². The van der Waals surface area contributed by atoms with Crippen LogP contribution in [0.25, 0.3) is 0 Å². The zero-order valence-corrected chi connectivity index (χ0v) is 5.24. The van der Waals surface area contributed by atoms with Crippen LogP contribution < -0.4 is 0 Å². The maximum Gasteiger partial charge on any atom is 0.357 e. The minimum Gasteiger partial charge on any atom is -0.506 e. The van der Waals surface area contributed by atoms with Gasteiger partial charge in [-0.3, -0.25) is 4.99 Å². The summed E-state index contributed by atoms with van der Waals surface area (Å²) in [6.07, 6.45) is 2.07. The number of rotatable bonds is 1. The molecule has 0 spiro atoms. The van der Waals surface area contributed by atoms with Crippen molar-refractivity contribution in [1.29, 1.82) is 0 Å². The van der Waals surface area contributed by atoms with Crippen LogP contribution in [0.1, 0.15) is 6.42 Å². The Morgan fingerprint density at radius 1 is 1.70 bits per heavy atom. The van der Waals surface area contributed by atoms with Crippen LogP contribution in [0.2, 0.25) is 0 Å². The molecule has 0 saturated heterocycles. The summed E-state index contributed by atoms with van der Waals surface area (Å²) in [5.41, 5.74) is -0.230. The van der Waals surface area contributed by atoms with E-state index in [9.17, 15) is 4.79 Å². The Labute approximate surface area is 57.5 Å². The minimum atomic E-state index is -1.17. The monoisotopic (exact) mass is 141 g/mol. The molecule has 4 heteroatoms. The topological polar surface area (TPSA) is 69.9 Å². The lowest BCUT2D eigenvalue weighted by molar-refractivity contribution is -0.129. The highest BCUT2D eigenvalue weighted by atomic mass is 16.4. The van der Waals surface area contributed by atoms with Gasteiger partial charge in [-0.1, -0.05) is 0 Å². The quantitative estimate of drug-likeness (QED) is 0.553. The van der Waals surface area contributed by atoms with Gasteiger partial charge in [0, 0.05) is 6.54 Å². The molecule has 0 fully saturated rings. The molecule has 0 saturated carbocycles. The van der Waals surface area contributed by atoms with Crippen LogP contribution in [0.3, 0.4) is 0 Å². The number of nitrogens with zero attached hydrogens (tertiary/aromatic N) is 1. The molecule has 1 aliphatic rings. The maximum absolute atomic E-state index is 10.2. The number of carboxylic acids is 1. The van der Waals surface area contributed by atoms with Gasteiger partial charge in [0.15, 0.2) is 5.71 Å². The van der Waals surface area contributed by atoms with Crippen molar-refractivity contribution in [2.45, 2.75) is 6.42 Å². The first-order chi connectivity index (χ1) is 4.72. The zero-order chi connectivity index (χ0) is 7.56. The molecule has 10 heavy (non-hydrogen) atoms. The molecule has 0 bridgehead atoms. The van der Waals surface area contributed by atoms with Gasteiger partial charge in [0.05, 0.1) is 0 Å². The van der Waals surface area contributed by atoms with Crippen LogP contribution in [0, 0.1) is 0 Å². The lowest BCUT2D eigenvalue weighted by atomic mass is 10.2. The molecule has 1 heterocycles. The second-order valence-corrected chi connectivity index (χ2v) is 1.91. The Balaban J connectivity index is 2.84. The molecule has 0 aliphatic carbocycles. The summed E-state index contributed by atoms with van der Waals surface area (Å²) in [6, 6.07) is 0. The summed E-state index contributed by atoms with van der Waals surface area (Å²) in [7, 11) is 0. The number of hydrogen-bond acceptors (Lipinski definition) is 3. The van der Waals surface area contributed by atoms with E-state index < -0.39 is 5.97 Å². The van der Waals surface area contributed by atoms with Gasteiger partial charge in [-0.05, 0) is 12.5 Å². The van der Waals surface area contributed by atoms with Gasteiger partial charge in [-0.2, -0.15) is 0 Å². The van der Waals surface area contributed by atoms with Crippen molar-refractivity contribution in [3.63, 3.8) is 0 Å². The molecule has 4 nitrogen and oxygen atoms in total. The third-order valence-electron chi connectivity index (χ3n) is 1.18. The third-order valence-corrected chi connectivity index (χ3v) is 1.18. The van der Waals surface area contributed by atoms with Crippen LogP contribution in [0.15, 0.2) is 16.8 Å². The first-order valence-electron chi connectivity index (χ1n) is 2.89. The van der Waals surface area contributed by atoms with E-state index in [0.29, 0.717) is 13.0 Å². The van der Waals surface area contributed by atoms with E-state index in [1.54, 1.807) is 0 Å². The number of dihydropyridines is 1. The first kappa shape index (κ1) is 6.80. The average molecular weight is 141 g/mol. The molecule has 0 radical (unpaired) electrons. The fourth-order valence-corrected chi connectivity index (χ4v) is 0.732. The fourth-order valence-electron chi connectivity index (χ4n) is 0.732. The largest absolute Gasteiger partial charge is 0.506 e. The SMILES string of the molecule is O=C(O)C1=NCCC=C1O. The van der Waals surface area contributed by atoms with Crippen LogP contribution in [0.4, 0.5) is 0 Å². The zero-order valence-electron chi connectivity index (χ0n) is 5.24. The Morgan fingerprint density at radius 2 is 2.40 bits per heavy atom. The number of carbonyl (C=O) groups is 1. The summed E-state index contributed by atoms with van der Waals surface area (Å²) in [5, 5.41) is 17.3. The number of hydrogen-bond donors (Lipinski definition) is 2. The Morgan fingerprint density at radius 3 is 2.80 bits per heavy atom. The molecule has 0 aromatic heterocycles. The van der Waals surface area contributed by atoms with Gasteiger partial charge in [-0.25, -0.2) is 4.79 Å². The molecule has 0 unspecified atom stereocenters. The van der Waals surface area contributed by atoms with E-state index in [-0.39, 0.29) is 11.5 Å². The molecule has 1 rings (SSSR count). The molecular formula is C6H7NO3. The maximum atomic E-state index is 10.2. The van der Waals surface area contributed by atoms with Gasteiger partial charge in [-0.15, -0.1) is 0 Å². The molecule has 54 valence electrons. The first-order valence-corrected chi connectivity index (χ1v) is 2.89. The van der Waals surface area contributed by atoms with Gasteiger partial charge >= 0.3 is 5.97 Å². The molecule has 0 amide bonds. The second-order valence-electron chi connectivity index (χ2n) is 1.91. The summed E-state index contributed by atoms with van der Waals surface area (Å²) in [6.45, 7) is 0.450. The number of carboxylic acid groups (broad SMARTS) is 1. The summed E-state index contributed by atoms with van der Waals surface area (Å²) >= 11 is 0. The summed E-state index contributed by atoms with van der Waals surface area (Å²) in [5.74, 6) is -1.40. The standard InChI is InChI=1S/C6H7NO3/c8-4-2-1-3-7-5(4)6(9)10/h2,8H,1,3H2,(H,9,10). The van der Waals surface area contributed by atoms with E-state index in [0.717, 1.165) is 0 Å². The van der Waals surface area contributed by atoms with Crippen molar-refractivity contribution in [1.82, 2.24) is 0 Å². The van der Waals surface area contributed by atoms with Crippen LogP contribution >= 0.6 is 0 Å². The second kappa shape index (κ2) is 2.51. The van der Waals surface area contributed by atoms with Crippen molar-refractivity contribution in [3.8, 4) is 0 Å². The third kappa shape index (κ3) is 1.15. The van der Waals surface area contributed by atoms with Crippen molar-refractivity contribution >= 4 is 11.7 Å². The lowest BCUT2D eigenvalue weighted by Gasteiger charge is -2.04. The molecule has 1 aliphatic heterocycles. The number of aliphatic imine (C=N–C) groups is 1. The Hall–Kier alpha value is -1.32. The van der Waals surface area contributed by atoms with E-state index in [2.05, 4.69) is 4.99 Å². The van der Waals surface area contributed by atoms with Crippen molar-refractivity contribution < 1.29 is 15.0 Å². The Kier molecular flexibility index (Phi) is 1.71. The lowest BCUT2D eigenvalue weighted by Crippen LogP contribution is -2.18. The number of aliphatic hydroxyl groups excluding tert-OH is 1. The van der Waals surface area contributed by atoms with Gasteiger partial charge in [0.1, 0.15) is 5.76 Å². The normalized spacial score (nSPS) is 17.6. The summed E-state index contributed by atoms with van der Waals surface area (Å²) < 4.78 is 0. The van der Waals surface area contributed by atoms with Crippen LogP contribution in [0.5, 0.6) is 0 Å². The van der Waals surface area contributed by atoms with Gasteiger partial charge in [0.25, 0.3) is 0 Å². The number of aliphatic hydroxyl groups is 1. The van der Waals surface area contributed by atoms with E-state index in [4.69, 9.17) is 10.2 Å².